The monoisotopic (exact) mass is 357 g/mol. The first-order chi connectivity index (χ1) is 8.97. The Morgan fingerprint density at radius 1 is 1.11 bits per heavy atom. The molecule has 0 bridgehead atoms. The predicted molar refractivity (Wildman–Crippen MR) is 80.4 cm³/mol. The van der Waals surface area contributed by atoms with E-state index in [4.69, 9.17) is 11.6 Å². The third-order valence-electron chi connectivity index (χ3n) is 2.28. The second-order valence-corrected chi connectivity index (χ2v) is 6.71. The molecule has 19 heavy (non-hydrogen) atoms. The summed E-state index contributed by atoms with van der Waals surface area (Å²) in [7, 11) is -3.72. The summed E-state index contributed by atoms with van der Waals surface area (Å²) in [6.45, 7) is 0. The molecule has 0 atom stereocenters. The molecule has 2 rings (SSSR count). The molecule has 2 aromatic rings. The molecular formula is C13H9BrClNO2S. The summed E-state index contributed by atoms with van der Waals surface area (Å²) in [5.41, 5.74) is 0.694. The van der Waals surface area contributed by atoms with Gasteiger partial charge in [-0.05, 0) is 35.9 Å². The molecule has 0 spiro atoms. The van der Waals surface area contributed by atoms with Crippen LogP contribution in [0.5, 0.6) is 0 Å². The lowest BCUT2D eigenvalue weighted by molar-refractivity contribution is 0.598. The first-order valence-corrected chi connectivity index (χ1v) is 7.90. The van der Waals surface area contributed by atoms with Crippen LogP contribution in [0.15, 0.2) is 62.3 Å². The zero-order chi connectivity index (χ0) is 13.9. The van der Waals surface area contributed by atoms with E-state index in [9.17, 15) is 8.42 Å². The van der Waals surface area contributed by atoms with Crippen LogP contribution in [-0.4, -0.2) is 14.6 Å². The lowest BCUT2D eigenvalue weighted by atomic mass is 10.2. The normalized spacial score (nSPS) is 11.9. The van der Waals surface area contributed by atoms with Gasteiger partial charge in [-0.3, -0.25) is 0 Å². The van der Waals surface area contributed by atoms with Crippen LogP contribution >= 0.6 is 27.5 Å². The van der Waals surface area contributed by atoms with Crippen molar-refractivity contribution in [2.75, 3.05) is 0 Å². The molecule has 0 saturated carbocycles. The van der Waals surface area contributed by atoms with Gasteiger partial charge in [0.25, 0.3) is 10.0 Å². The summed E-state index contributed by atoms with van der Waals surface area (Å²) in [4.78, 5) is 0.0752. The fourth-order valence-electron chi connectivity index (χ4n) is 1.41. The van der Waals surface area contributed by atoms with Gasteiger partial charge in [0, 0.05) is 15.7 Å². The van der Waals surface area contributed by atoms with Gasteiger partial charge in [-0.2, -0.15) is 12.8 Å². The minimum atomic E-state index is -3.72. The highest BCUT2D eigenvalue weighted by Gasteiger charge is 2.11. The summed E-state index contributed by atoms with van der Waals surface area (Å²) in [5.74, 6) is 0. The smallest absolute Gasteiger partial charge is 0.199 e. The minimum Gasteiger partial charge on any atom is -0.199 e. The van der Waals surface area contributed by atoms with Crippen molar-refractivity contribution < 1.29 is 8.42 Å². The number of hydrogen-bond acceptors (Lipinski definition) is 2. The van der Waals surface area contributed by atoms with E-state index in [0.29, 0.717) is 10.6 Å². The molecule has 0 aliphatic heterocycles. The fraction of sp³-hybridized carbons (Fsp3) is 0. The molecule has 0 radical (unpaired) electrons. The topological polar surface area (TPSA) is 46.5 Å². The highest BCUT2D eigenvalue weighted by Crippen LogP contribution is 2.17. The summed E-state index contributed by atoms with van der Waals surface area (Å²) in [6.07, 6.45) is 1.31. The van der Waals surface area contributed by atoms with E-state index < -0.39 is 10.0 Å². The molecule has 6 heteroatoms. The Morgan fingerprint density at radius 3 is 2.53 bits per heavy atom. The number of nitrogens with zero attached hydrogens (tertiary/aromatic N) is 1. The van der Waals surface area contributed by atoms with Crippen molar-refractivity contribution >= 4 is 43.8 Å². The molecule has 0 saturated heterocycles. The quantitative estimate of drug-likeness (QED) is 0.781. The highest BCUT2D eigenvalue weighted by atomic mass is 79.9. The zero-order valence-corrected chi connectivity index (χ0v) is 12.8. The van der Waals surface area contributed by atoms with Gasteiger partial charge in [0.05, 0.1) is 4.90 Å². The van der Waals surface area contributed by atoms with Crippen molar-refractivity contribution in [3.8, 4) is 0 Å². The van der Waals surface area contributed by atoms with Crippen LogP contribution < -0.4 is 0 Å². The molecule has 0 unspecified atom stereocenters. The zero-order valence-electron chi connectivity index (χ0n) is 9.62. The lowest BCUT2D eigenvalue weighted by Gasteiger charge is -1.99. The molecule has 0 aliphatic rings. The van der Waals surface area contributed by atoms with Crippen LogP contribution in [-0.2, 0) is 10.0 Å². The van der Waals surface area contributed by atoms with Crippen molar-refractivity contribution in [3.63, 3.8) is 0 Å². The molecule has 0 fully saturated rings. The first-order valence-electron chi connectivity index (χ1n) is 5.29. The average Bonchev–Trinajstić information content (AvgIpc) is 2.37. The van der Waals surface area contributed by atoms with Gasteiger partial charge in [0.15, 0.2) is 0 Å². The van der Waals surface area contributed by atoms with E-state index >= 15 is 0 Å². The van der Waals surface area contributed by atoms with Crippen molar-refractivity contribution in [1.82, 2.24) is 0 Å². The molecule has 0 amide bonds. The first kappa shape index (κ1) is 14.2. The Hall–Kier alpha value is -1.17. The Morgan fingerprint density at radius 2 is 1.84 bits per heavy atom. The maximum Gasteiger partial charge on any atom is 0.282 e. The van der Waals surface area contributed by atoms with Crippen molar-refractivity contribution in [3.05, 3.63) is 63.6 Å². The molecule has 0 N–H and O–H groups in total. The summed E-state index contributed by atoms with van der Waals surface area (Å²) < 4.78 is 28.5. The number of halogens is 2. The molecule has 98 valence electrons. The van der Waals surface area contributed by atoms with Crippen LogP contribution in [0.2, 0.25) is 5.02 Å². The Balaban J connectivity index is 2.32. The Bertz CT molecular complexity index is 729. The lowest BCUT2D eigenvalue weighted by Crippen LogP contribution is -1.97. The second kappa shape index (κ2) is 5.86. The van der Waals surface area contributed by atoms with Gasteiger partial charge < -0.3 is 0 Å². The largest absolute Gasteiger partial charge is 0.282 e. The summed E-state index contributed by atoms with van der Waals surface area (Å²) >= 11 is 9.07. The predicted octanol–water partition coefficient (Wildman–Crippen LogP) is 3.91. The number of sulfonamides is 1. The maximum atomic E-state index is 12.0. The van der Waals surface area contributed by atoms with Gasteiger partial charge in [-0.1, -0.05) is 45.7 Å². The van der Waals surface area contributed by atoms with Crippen molar-refractivity contribution in [1.29, 1.82) is 0 Å². The van der Waals surface area contributed by atoms with E-state index in [1.54, 1.807) is 30.3 Å². The van der Waals surface area contributed by atoms with E-state index in [0.717, 1.165) is 4.47 Å². The van der Waals surface area contributed by atoms with Gasteiger partial charge in [-0.15, -0.1) is 0 Å². The number of hydrogen-bond donors (Lipinski definition) is 0. The molecule has 0 aromatic heterocycles. The van der Waals surface area contributed by atoms with Gasteiger partial charge >= 0.3 is 0 Å². The standard InChI is InChI=1S/C13H9BrClNO2S/c14-11-4-1-3-10(7-11)9-16-19(17,18)13-6-2-5-12(15)8-13/h1-9H. The third-order valence-corrected chi connectivity index (χ3v) is 4.24. The van der Waals surface area contributed by atoms with E-state index in [1.807, 2.05) is 6.07 Å². The molecule has 0 heterocycles. The molecule has 2 aromatic carbocycles. The van der Waals surface area contributed by atoms with Gasteiger partial charge in [0.2, 0.25) is 0 Å². The van der Waals surface area contributed by atoms with Crippen LogP contribution in [0, 0.1) is 0 Å². The van der Waals surface area contributed by atoms with Gasteiger partial charge in [0.1, 0.15) is 0 Å². The Kier molecular flexibility index (Phi) is 4.39. The van der Waals surface area contributed by atoms with Crippen LogP contribution in [0.3, 0.4) is 0 Å². The molecule has 3 nitrogen and oxygen atoms in total. The van der Waals surface area contributed by atoms with E-state index in [-0.39, 0.29) is 4.90 Å². The van der Waals surface area contributed by atoms with Crippen molar-refractivity contribution in [2.45, 2.75) is 4.90 Å². The SMILES string of the molecule is O=S(=O)(N=Cc1cccc(Br)c1)c1cccc(Cl)c1. The average molecular weight is 359 g/mol. The van der Waals surface area contributed by atoms with Gasteiger partial charge in [-0.25, -0.2) is 0 Å². The van der Waals surface area contributed by atoms with Crippen molar-refractivity contribution in [2.24, 2.45) is 4.40 Å². The second-order valence-electron chi connectivity index (χ2n) is 3.72. The maximum absolute atomic E-state index is 12.0. The fourth-order valence-corrected chi connectivity index (χ4v) is 2.99. The molecular weight excluding hydrogens is 350 g/mol. The number of benzene rings is 2. The highest BCUT2D eigenvalue weighted by molar-refractivity contribution is 9.10. The Labute approximate surface area is 125 Å². The van der Waals surface area contributed by atoms with E-state index in [1.165, 1.54) is 18.3 Å². The van der Waals surface area contributed by atoms with E-state index in [2.05, 4.69) is 20.3 Å². The molecule has 0 aliphatic carbocycles. The third kappa shape index (κ3) is 3.89. The van der Waals surface area contributed by atoms with Crippen LogP contribution in [0.1, 0.15) is 5.56 Å². The van der Waals surface area contributed by atoms with Crippen LogP contribution in [0.4, 0.5) is 0 Å². The summed E-state index contributed by atoms with van der Waals surface area (Å²) in [6, 6.07) is 13.2. The minimum absolute atomic E-state index is 0.0752. The summed E-state index contributed by atoms with van der Waals surface area (Å²) in [5, 5.41) is 0.360. The van der Waals surface area contributed by atoms with Crippen LogP contribution in [0.25, 0.3) is 0 Å². The number of rotatable bonds is 3.